The first-order valence-corrected chi connectivity index (χ1v) is 11.9. The number of benzene rings is 2. The Hall–Kier alpha value is -2.64. The number of aliphatic imine (C=N–C) groups is 1. The summed E-state index contributed by atoms with van der Waals surface area (Å²) < 4.78 is 1.04. The minimum absolute atomic E-state index is 0.273. The van der Waals surface area contributed by atoms with Gasteiger partial charge in [-0.1, -0.05) is 43.8 Å². The Kier molecular flexibility index (Phi) is 4.60. The van der Waals surface area contributed by atoms with Crippen molar-refractivity contribution in [1.82, 2.24) is 0 Å². The fourth-order valence-electron chi connectivity index (χ4n) is 2.72. The molecule has 0 unspecified atom stereocenters. The molecule has 126 valence electrons. The van der Waals surface area contributed by atoms with E-state index in [9.17, 15) is 5.21 Å². The van der Waals surface area contributed by atoms with Crippen LogP contribution >= 0.6 is 0 Å². The van der Waals surface area contributed by atoms with Crippen LogP contribution in [-0.4, -0.2) is 30.8 Å². The fourth-order valence-corrected chi connectivity index (χ4v) is 3.24. The highest BCUT2D eigenvalue weighted by atomic mass is 28.3. The van der Waals surface area contributed by atoms with Crippen molar-refractivity contribution in [2.45, 2.75) is 26.6 Å². The molecule has 1 aliphatic rings. The number of fused-ring (bicyclic) bond motifs is 1. The summed E-state index contributed by atoms with van der Waals surface area (Å²) >= 11 is 0. The average molecular weight is 347 g/mol. The molecule has 0 bridgehead atoms. The molecule has 3 rings (SSSR count). The van der Waals surface area contributed by atoms with Crippen LogP contribution in [0.1, 0.15) is 23.6 Å². The second kappa shape index (κ2) is 6.70. The molecule has 0 saturated heterocycles. The number of nitrogens with zero attached hydrogens (tertiary/aromatic N) is 2. The number of hydrogen-bond donors (Lipinski definition) is 0. The molecule has 0 aromatic heterocycles. The summed E-state index contributed by atoms with van der Waals surface area (Å²) in [5, 5.41) is 12.8. The third-order valence-electron chi connectivity index (χ3n) is 3.81. The van der Waals surface area contributed by atoms with E-state index in [1.54, 1.807) is 0 Å². The predicted molar refractivity (Wildman–Crippen MR) is 108 cm³/mol. The quantitative estimate of drug-likeness (QED) is 0.327. The van der Waals surface area contributed by atoms with Crippen LogP contribution in [0.3, 0.4) is 0 Å². The standard InChI is InChI=1S/C21H22N2OSi/c1-16-15-23(24)21(18-8-6-5-7-9-18)19-14-17(10-11-20(19)22-16)12-13-25(2,3)4/h5-11,14H,15H2,1-4H3. The van der Waals surface area contributed by atoms with E-state index in [2.05, 4.69) is 36.1 Å². The topological polar surface area (TPSA) is 38.4 Å². The zero-order valence-corrected chi connectivity index (χ0v) is 16.1. The van der Waals surface area contributed by atoms with Gasteiger partial charge in [0.2, 0.25) is 5.71 Å². The normalized spacial score (nSPS) is 14.2. The lowest BCUT2D eigenvalue weighted by molar-refractivity contribution is -0.439. The third-order valence-corrected chi connectivity index (χ3v) is 4.69. The molecule has 4 heteroatoms. The van der Waals surface area contributed by atoms with Gasteiger partial charge in [0.25, 0.3) is 0 Å². The zero-order chi connectivity index (χ0) is 18.0. The molecule has 0 spiro atoms. The lowest BCUT2D eigenvalue weighted by Gasteiger charge is -2.10. The van der Waals surface area contributed by atoms with E-state index in [4.69, 9.17) is 0 Å². The Morgan fingerprint density at radius 1 is 1.08 bits per heavy atom. The van der Waals surface area contributed by atoms with Crippen LogP contribution in [0.5, 0.6) is 0 Å². The maximum atomic E-state index is 12.8. The van der Waals surface area contributed by atoms with Gasteiger partial charge in [-0.2, -0.15) is 4.74 Å². The van der Waals surface area contributed by atoms with Gasteiger partial charge in [-0.3, -0.25) is 4.99 Å². The fraction of sp³-hybridized carbons (Fsp3) is 0.238. The van der Waals surface area contributed by atoms with Crippen molar-refractivity contribution in [3.63, 3.8) is 0 Å². The Morgan fingerprint density at radius 3 is 2.48 bits per heavy atom. The van der Waals surface area contributed by atoms with E-state index in [1.165, 1.54) is 0 Å². The highest BCUT2D eigenvalue weighted by Crippen LogP contribution is 2.26. The number of hydroxylamine groups is 1. The lowest BCUT2D eigenvalue weighted by atomic mass is 9.98. The summed E-state index contributed by atoms with van der Waals surface area (Å²) in [5.74, 6) is 3.28. The first-order chi connectivity index (χ1) is 11.8. The molecule has 25 heavy (non-hydrogen) atoms. The van der Waals surface area contributed by atoms with E-state index >= 15 is 0 Å². The van der Waals surface area contributed by atoms with Crippen molar-refractivity contribution >= 4 is 25.2 Å². The molecule has 0 amide bonds. The van der Waals surface area contributed by atoms with E-state index in [-0.39, 0.29) is 6.54 Å². The number of rotatable bonds is 1. The highest BCUT2D eigenvalue weighted by Gasteiger charge is 2.23. The van der Waals surface area contributed by atoms with E-state index in [0.717, 1.165) is 32.8 Å². The van der Waals surface area contributed by atoms with Crippen LogP contribution in [0.15, 0.2) is 53.5 Å². The Balaban J connectivity index is 2.20. The largest absolute Gasteiger partial charge is 0.623 e. The van der Waals surface area contributed by atoms with Crippen molar-refractivity contribution in [1.29, 1.82) is 0 Å². The van der Waals surface area contributed by atoms with Crippen LogP contribution in [0.25, 0.3) is 0 Å². The summed E-state index contributed by atoms with van der Waals surface area (Å²) in [6, 6.07) is 15.7. The summed E-state index contributed by atoms with van der Waals surface area (Å²) in [4.78, 5) is 4.63. The second-order valence-electron chi connectivity index (χ2n) is 7.33. The summed E-state index contributed by atoms with van der Waals surface area (Å²) in [6.45, 7) is 8.82. The molecule has 3 nitrogen and oxygen atoms in total. The van der Waals surface area contributed by atoms with Gasteiger partial charge in [-0.15, -0.1) is 5.54 Å². The summed E-state index contributed by atoms with van der Waals surface area (Å²) in [6.07, 6.45) is 0. The lowest BCUT2D eigenvalue weighted by Crippen LogP contribution is -2.21. The van der Waals surface area contributed by atoms with Crippen LogP contribution < -0.4 is 0 Å². The minimum Gasteiger partial charge on any atom is -0.623 e. The molecule has 0 N–H and O–H groups in total. The first kappa shape index (κ1) is 17.2. The Bertz CT molecular complexity index is 926. The van der Waals surface area contributed by atoms with E-state index in [1.807, 2.05) is 55.5 Å². The molecule has 1 aliphatic heterocycles. The molecule has 2 aromatic carbocycles. The van der Waals surface area contributed by atoms with Gasteiger partial charge in [0.05, 0.1) is 17.0 Å². The van der Waals surface area contributed by atoms with Crippen LogP contribution in [0.4, 0.5) is 5.69 Å². The maximum Gasteiger partial charge on any atom is 0.228 e. The zero-order valence-electron chi connectivity index (χ0n) is 15.1. The number of hydrogen-bond acceptors (Lipinski definition) is 2. The summed E-state index contributed by atoms with van der Waals surface area (Å²) in [5.41, 5.74) is 8.36. The first-order valence-electron chi connectivity index (χ1n) is 8.42. The van der Waals surface area contributed by atoms with Gasteiger partial charge < -0.3 is 5.21 Å². The molecular weight excluding hydrogens is 324 g/mol. The van der Waals surface area contributed by atoms with Crippen LogP contribution in [0, 0.1) is 16.7 Å². The van der Waals surface area contributed by atoms with Gasteiger partial charge in [0, 0.05) is 11.1 Å². The predicted octanol–water partition coefficient (Wildman–Crippen LogP) is 4.37. The molecule has 2 aromatic rings. The smallest absolute Gasteiger partial charge is 0.228 e. The molecule has 0 fully saturated rings. The van der Waals surface area contributed by atoms with Gasteiger partial charge >= 0.3 is 0 Å². The van der Waals surface area contributed by atoms with Crippen LogP contribution in [-0.2, 0) is 0 Å². The molecule has 1 heterocycles. The van der Waals surface area contributed by atoms with Gasteiger partial charge in [0.1, 0.15) is 8.07 Å². The van der Waals surface area contributed by atoms with Crippen molar-refractivity contribution in [2.75, 3.05) is 6.54 Å². The van der Waals surface area contributed by atoms with Crippen LogP contribution in [0.2, 0.25) is 19.6 Å². The van der Waals surface area contributed by atoms with E-state index < -0.39 is 8.07 Å². The van der Waals surface area contributed by atoms with Gasteiger partial charge in [-0.25, -0.2) is 0 Å². The molecule has 0 atom stereocenters. The van der Waals surface area contributed by atoms with Crippen molar-refractivity contribution in [3.05, 3.63) is 70.4 Å². The average Bonchev–Trinajstić information content (AvgIpc) is 2.67. The van der Waals surface area contributed by atoms with Crippen molar-refractivity contribution in [2.24, 2.45) is 4.99 Å². The Labute approximate surface area is 150 Å². The van der Waals surface area contributed by atoms with E-state index in [0.29, 0.717) is 5.71 Å². The highest BCUT2D eigenvalue weighted by molar-refractivity contribution is 6.83. The Morgan fingerprint density at radius 2 is 1.80 bits per heavy atom. The molecule has 0 saturated carbocycles. The second-order valence-corrected chi connectivity index (χ2v) is 12.1. The third kappa shape index (κ3) is 4.07. The SMILES string of the molecule is CC1=Nc2ccc(C#C[Si](C)(C)C)cc2C(c2ccccc2)=[N+]([O-])C1. The monoisotopic (exact) mass is 346 g/mol. The maximum absolute atomic E-state index is 12.8. The minimum atomic E-state index is -1.46. The molecule has 0 radical (unpaired) electrons. The van der Waals surface area contributed by atoms with Crippen molar-refractivity contribution in [3.8, 4) is 11.5 Å². The molecule has 0 aliphatic carbocycles. The van der Waals surface area contributed by atoms with Crippen molar-refractivity contribution < 1.29 is 4.74 Å². The molecular formula is C21H22N2OSi. The van der Waals surface area contributed by atoms with Gasteiger partial charge in [0.15, 0.2) is 6.54 Å². The van der Waals surface area contributed by atoms with Gasteiger partial charge in [-0.05, 0) is 37.3 Å². The summed E-state index contributed by atoms with van der Waals surface area (Å²) in [7, 11) is -1.46.